The predicted octanol–water partition coefficient (Wildman–Crippen LogP) is 1.53. The van der Waals surface area contributed by atoms with Crippen LogP contribution in [0.15, 0.2) is 10.7 Å². The van der Waals surface area contributed by atoms with Crippen LogP contribution in [-0.2, 0) is 17.6 Å². The maximum absolute atomic E-state index is 5.72. The van der Waals surface area contributed by atoms with Crippen molar-refractivity contribution in [3.8, 4) is 0 Å². The van der Waals surface area contributed by atoms with Crippen LogP contribution in [0.2, 0.25) is 0 Å². The van der Waals surface area contributed by atoms with Gasteiger partial charge in [0.1, 0.15) is 6.26 Å². The van der Waals surface area contributed by atoms with E-state index in [1.54, 1.807) is 6.26 Å². The monoisotopic (exact) mass is 224 g/mol. The van der Waals surface area contributed by atoms with Crippen molar-refractivity contribution in [2.24, 2.45) is 11.7 Å². The van der Waals surface area contributed by atoms with Gasteiger partial charge in [0.2, 0.25) is 0 Å². The average Bonchev–Trinajstić information content (AvgIpc) is 2.66. The lowest BCUT2D eigenvalue weighted by Crippen LogP contribution is -2.18. The molecule has 1 unspecified atom stereocenters. The average molecular weight is 224 g/mol. The number of nitrogens with two attached hydrogens (primary N) is 1. The Morgan fingerprint density at radius 2 is 2.25 bits per heavy atom. The first-order chi connectivity index (χ1) is 7.74. The summed E-state index contributed by atoms with van der Waals surface area (Å²) in [5.41, 5.74) is 6.69. The molecule has 1 fully saturated rings. The molecule has 0 radical (unpaired) electrons. The molecule has 1 aliphatic rings. The molecule has 2 N–H and O–H groups in total. The Morgan fingerprint density at radius 3 is 2.94 bits per heavy atom. The SMILES string of the molecule is CC(N)Cc1coc(CC2CCOCC2)n1. The second-order valence-electron chi connectivity index (χ2n) is 4.67. The molecule has 1 aliphatic heterocycles. The molecule has 4 heteroatoms. The summed E-state index contributed by atoms with van der Waals surface area (Å²) in [5, 5.41) is 0. The summed E-state index contributed by atoms with van der Waals surface area (Å²) >= 11 is 0. The van der Waals surface area contributed by atoms with Gasteiger partial charge in [0.15, 0.2) is 5.89 Å². The number of oxazole rings is 1. The largest absolute Gasteiger partial charge is 0.449 e. The molecule has 1 atom stereocenters. The molecule has 1 aromatic rings. The zero-order chi connectivity index (χ0) is 11.4. The maximum atomic E-state index is 5.72. The van der Waals surface area contributed by atoms with E-state index in [0.717, 1.165) is 50.5 Å². The molecule has 4 nitrogen and oxygen atoms in total. The topological polar surface area (TPSA) is 61.3 Å². The van der Waals surface area contributed by atoms with Crippen molar-refractivity contribution >= 4 is 0 Å². The van der Waals surface area contributed by atoms with Crippen LogP contribution < -0.4 is 5.73 Å². The van der Waals surface area contributed by atoms with Gasteiger partial charge in [0.05, 0.1) is 5.69 Å². The molecule has 90 valence electrons. The van der Waals surface area contributed by atoms with Gasteiger partial charge in [-0.15, -0.1) is 0 Å². The molecule has 2 heterocycles. The fourth-order valence-electron chi connectivity index (χ4n) is 2.06. The molecule has 2 rings (SSSR count). The first kappa shape index (κ1) is 11.6. The Hall–Kier alpha value is -0.870. The summed E-state index contributed by atoms with van der Waals surface area (Å²) in [6, 6.07) is 0.140. The molecule has 0 spiro atoms. The molecule has 0 aromatic carbocycles. The highest BCUT2D eigenvalue weighted by molar-refractivity contribution is 4.99. The van der Waals surface area contributed by atoms with Crippen molar-refractivity contribution in [1.29, 1.82) is 0 Å². The van der Waals surface area contributed by atoms with E-state index in [4.69, 9.17) is 14.9 Å². The summed E-state index contributed by atoms with van der Waals surface area (Å²) in [6.07, 6.45) is 5.69. The highest BCUT2D eigenvalue weighted by Crippen LogP contribution is 2.19. The highest BCUT2D eigenvalue weighted by atomic mass is 16.5. The van der Waals surface area contributed by atoms with Crippen molar-refractivity contribution in [2.75, 3.05) is 13.2 Å². The van der Waals surface area contributed by atoms with E-state index in [1.165, 1.54) is 0 Å². The third-order valence-corrected chi connectivity index (χ3v) is 2.93. The van der Waals surface area contributed by atoms with E-state index in [0.29, 0.717) is 5.92 Å². The molecule has 0 aliphatic carbocycles. The molecule has 0 saturated carbocycles. The van der Waals surface area contributed by atoms with Gasteiger partial charge in [0.25, 0.3) is 0 Å². The number of hydrogen-bond acceptors (Lipinski definition) is 4. The van der Waals surface area contributed by atoms with E-state index < -0.39 is 0 Å². The second kappa shape index (κ2) is 5.46. The van der Waals surface area contributed by atoms with Crippen LogP contribution in [0.1, 0.15) is 31.4 Å². The van der Waals surface area contributed by atoms with Crippen LogP contribution in [0.3, 0.4) is 0 Å². The highest BCUT2D eigenvalue weighted by Gasteiger charge is 2.17. The molecule has 16 heavy (non-hydrogen) atoms. The fraction of sp³-hybridized carbons (Fsp3) is 0.750. The maximum Gasteiger partial charge on any atom is 0.194 e. The van der Waals surface area contributed by atoms with Gasteiger partial charge < -0.3 is 14.9 Å². The molecule has 1 aromatic heterocycles. The number of aromatic nitrogens is 1. The predicted molar refractivity (Wildman–Crippen MR) is 61.1 cm³/mol. The molecule has 0 bridgehead atoms. The number of hydrogen-bond donors (Lipinski definition) is 1. The van der Waals surface area contributed by atoms with Crippen molar-refractivity contribution < 1.29 is 9.15 Å². The lowest BCUT2D eigenvalue weighted by Gasteiger charge is -2.20. The minimum atomic E-state index is 0.140. The van der Waals surface area contributed by atoms with E-state index in [-0.39, 0.29) is 6.04 Å². The van der Waals surface area contributed by atoms with Gasteiger partial charge in [-0.1, -0.05) is 0 Å². The first-order valence-corrected chi connectivity index (χ1v) is 6.00. The van der Waals surface area contributed by atoms with Crippen LogP contribution in [0, 0.1) is 5.92 Å². The molecule has 0 amide bonds. The molecular weight excluding hydrogens is 204 g/mol. The zero-order valence-corrected chi connectivity index (χ0v) is 9.82. The standard InChI is InChI=1S/C12H20N2O2/c1-9(13)6-11-8-16-12(14-11)7-10-2-4-15-5-3-10/h8-10H,2-7,13H2,1H3. The fourth-order valence-corrected chi connectivity index (χ4v) is 2.06. The Balaban J connectivity index is 1.86. The van der Waals surface area contributed by atoms with Crippen LogP contribution in [0.25, 0.3) is 0 Å². The number of ether oxygens (including phenoxy) is 1. The Morgan fingerprint density at radius 1 is 1.50 bits per heavy atom. The lowest BCUT2D eigenvalue weighted by atomic mass is 9.97. The van der Waals surface area contributed by atoms with E-state index in [9.17, 15) is 0 Å². The zero-order valence-electron chi connectivity index (χ0n) is 9.82. The van der Waals surface area contributed by atoms with Crippen LogP contribution in [0.5, 0.6) is 0 Å². The van der Waals surface area contributed by atoms with Crippen molar-refractivity contribution in [3.05, 3.63) is 17.8 Å². The van der Waals surface area contributed by atoms with Gasteiger partial charge in [-0.2, -0.15) is 0 Å². The summed E-state index contributed by atoms with van der Waals surface area (Å²) in [6.45, 7) is 3.73. The Bertz CT molecular complexity index is 317. The van der Waals surface area contributed by atoms with Crippen LogP contribution >= 0.6 is 0 Å². The van der Waals surface area contributed by atoms with Gasteiger partial charge in [-0.05, 0) is 25.7 Å². The molecule has 1 saturated heterocycles. The quantitative estimate of drug-likeness (QED) is 0.842. The number of rotatable bonds is 4. The minimum Gasteiger partial charge on any atom is -0.449 e. The first-order valence-electron chi connectivity index (χ1n) is 6.00. The smallest absolute Gasteiger partial charge is 0.194 e. The van der Waals surface area contributed by atoms with Crippen LogP contribution in [0.4, 0.5) is 0 Å². The summed E-state index contributed by atoms with van der Waals surface area (Å²) in [7, 11) is 0. The van der Waals surface area contributed by atoms with Gasteiger partial charge in [-0.3, -0.25) is 0 Å². The summed E-state index contributed by atoms with van der Waals surface area (Å²) in [4.78, 5) is 4.46. The normalized spacial score (nSPS) is 19.9. The Kier molecular flexibility index (Phi) is 3.96. The lowest BCUT2D eigenvalue weighted by molar-refractivity contribution is 0.0647. The number of nitrogens with zero attached hydrogens (tertiary/aromatic N) is 1. The summed E-state index contributed by atoms with van der Waals surface area (Å²) < 4.78 is 10.8. The van der Waals surface area contributed by atoms with Crippen molar-refractivity contribution in [1.82, 2.24) is 4.98 Å². The van der Waals surface area contributed by atoms with E-state index in [1.807, 2.05) is 6.92 Å². The minimum absolute atomic E-state index is 0.140. The third kappa shape index (κ3) is 3.32. The Labute approximate surface area is 96.2 Å². The van der Waals surface area contributed by atoms with E-state index in [2.05, 4.69) is 4.98 Å². The third-order valence-electron chi connectivity index (χ3n) is 2.93. The van der Waals surface area contributed by atoms with Gasteiger partial charge in [-0.25, -0.2) is 4.98 Å². The van der Waals surface area contributed by atoms with Gasteiger partial charge >= 0.3 is 0 Å². The van der Waals surface area contributed by atoms with Crippen molar-refractivity contribution in [3.63, 3.8) is 0 Å². The van der Waals surface area contributed by atoms with Crippen molar-refractivity contribution in [2.45, 2.75) is 38.6 Å². The van der Waals surface area contributed by atoms with E-state index >= 15 is 0 Å². The second-order valence-corrected chi connectivity index (χ2v) is 4.67. The molecular formula is C12H20N2O2. The summed E-state index contributed by atoms with van der Waals surface area (Å²) in [5.74, 6) is 1.51. The van der Waals surface area contributed by atoms with Crippen LogP contribution in [-0.4, -0.2) is 24.2 Å². The van der Waals surface area contributed by atoms with Gasteiger partial charge in [0, 0.05) is 32.1 Å².